The van der Waals surface area contributed by atoms with Crippen LogP contribution < -0.4 is 5.73 Å². The summed E-state index contributed by atoms with van der Waals surface area (Å²) in [4.78, 5) is 16.5. The fourth-order valence-electron chi connectivity index (χ4n) is 4.54. The maximum atomic E-state index is 14.1. The third-order valence-corrected chi connectivity index (χ3v) is 6.04. The molecule has 3 atom stereocenters. The molecular formula is C21H27F2N3O2. The molecule has 0 radical (unpaired) electrons. The minimum atomic E-state index is -0.631. The Hall–Kier alpha value is -1.83. The molecule has 0 bridgehead atoms. The topological polar surface area (TPSA) is 58.8 Å². The van der Waals surface area contributed by atoms with Crippen LogP contribution >= 0.6 is 0 Å². The summed E-state index contributed by atoms with van der Waals surface area (Å²) < 4.78 is 33.5. The summed E-state index contributed by atoms with van der Waals surface area (Å²) in [5.74, 6) is -0.767. The summed E-state index contributed by atoms with van der Waals surface area (Å²) in [7, 11) is 0. The second-order valence-corrected chi connectivity index (χ2v) is 8.43. The van der Waals surface area contributed by atoms with Gasteiger partial charge in [-0.25, -0.2) is 8.78 Å². The third kappa shape index (κ3) is 3.58. The Morgan fingerprint density at radius 2 is 1.86 bits per heavy atom. The molecule has 2 N–H and O–H groups in total. The van der Waals surface area contributed by atoms with Gasteiger partial charge in [0, 0.05) is 49.7 Å². The fraction of sp³-hybridized carbons (Fsp3) is 0.571. The number of ether oxygens (including phenoxy) is 1. The number of carbonyl (C=O) groups excluding carboxylic acids is 1. The van der Waals surface area contributed by atoms with E-state index in [1.807, 2.05) is 18.7 Å². The maximum Gasteiger partial charge on any atom is 0.225 e. The van der Waals surface area contributed by atoms with E-state index in [1.54, 1.807) is 0 Å². The summed E-state index contributed by atoms with van der Waals surface area (Å²) in [6.07, 6.45) is 0.0315. The van der Waals surface area contributed by atoms with Crippen molar-refractivity contribution in [2.45, 2.75) is 38.5 Å². The summed E-state index contributed by atoms with van der Waals surface area (Å²) in [6.45, 7) is 7.34. The van der Waals surface area contributed by atoms with Crippen LogP contribution in [0.2, 0.25) is 0 Å². The Balaban J connectivity index is 1.35. The van der Waals surface area contributed by atoms with E-state index < -0.39 is 23.8 Å². The predicted octanol–water partition coefficient (Wildman–Crippen LogP) is 2.23. The molecule has 0 saturated carbocycles. The molecule has 3 heterocycles. The van der Waals surface area contributed by atoms with Crippen molar-refractivity contribution in [3.8, 4) is 0 Å². The number of carbonyl (C=O) groups is 1. The Labute approximate surface area is 164 Å². The average Bonchev–Trinajstić information content (AvgIpc) is 3.22. The van der Waals surface area contributed by atoms with Crippen LogP contribution in [0.1, 0.15) is 31.9 Å². The Bertz CT molecular complexity index is 793. The number of nitrogens with zero attached hydrogens (tertiary/aromatic N) is 2. The van der Waals surface area contributed by atoms with Crippen molar-refractivity contribution in [1.29, 1.82) is 0 Å². The van der Waals surface area contributed by atoms with Crippen molar-refractivity contribution in [3.63, 3.8) is 0 Å². The zero-order valence-electron chi connectivity index (χ0n) is 16.3. The first kappa shape index (κ1) is 19.5. The van der Waals surface area contributed by atoms with Crippen LogP contribution in [0.25, 0.3) is 0 Å². The van der Waals surface area contributed by atoms with Crippen molar-refractivity contribution in [2.75, 3.05) is 32.8 Å². The summed E-state index contributed by atoms with van der Waals surface area (Å²) >= 11 is 0. The number of hydrogen-bond acceptors (Lipinski definition) is 4. The number of benzene rings is 1. The second kappa shape index (κ2) is 7.54. The summed E-state index contributed by atoms with van der Waals surface area (Å²) in [6, 6.07) is 3.13. The molecule has 1 fully saturated rings. The number of halogens is 2. The van der Waals surface area contributed by atoms with E-state index in [1.165, 1.54) is 17.2 Å². The molecule has 1 aromatic rings. The van der Waals surface area contributed by atoms with Gasteiger partial charge < -0.3 is 15.4 Å². The van der Waals surface area contributed by atoms with Crippen molar-refractivity contribution < 1.29 is 18.3 Å². The highest BCUT2D eigenvalue weighted by Crippen LogP contribution is 2.34. The highest BCUT2D eigenvalue weighted by molar-refractivity contribution is 5.79. The van der Waals surface area contributed by atoms with Crippen molar-refractivity contribution in [3.05, 3.63) is 46.5 Å². The zero-order chi connectivity index (χ0) is 20.0. The molecule has 0 aliphatic carbocycles. The van der Waals surface area contributed by atoms with Crippen molar-refractivity contribution in [2.24, 2.45) is 11.7 Å². The van der Waals surface area contributed by atoms with Crippen LogP contribution in [0.5, 0.6) is 0 Å². The smallest absolute Gasteiger partial charge is 0.225 e. The molecule has 5 nitrogen and oxygen atoms in total. The van der Waals surface area contributed by atoms with Gasteiger partial charge in [-0.15, -0.1) is 0 Å². The van der Waals surface area contributed by atoms with Crippen LogP contribution in [-0.4, -0.2) is 60.6 Å². The van der Waals surface area contributed by atoms with E-state index in [9.17, 15) is 13.6 Å². The van der Waals surface area contributed by atoms with E-state index in [0.717, 1.165) is 25.2 Å². The largest absolute Gasteiger partial charge is 0.370 e. The average molecular weight is 391 g/mol. The van der Waals surface area contributed by atoms with Crippen LogP contribution in [0.4, 0.5) is 8.78 Å². The maximum absolute atomic E-state index is 14.1. The van der Waals surface area contributed by atoms with Crippen molar-refractivity contribution in [1.82, 2.24) is 9.80 Å². The SMILES string of the molecule is CC(C)C(=O)N1CC2=C(C1)CN(C1COC(c3cc(F)ccc3F)C(N)C1)C2. The lowest BCUT2D eigenvalue weighted by atomic mass is 9.93. The molecule has 3 unspecified atom stereocenters. The normalized spacial score (nSPS) is 28.4. The van der Waals surface area contributed by atoms with Gasteiger partial charge in [0.1, 0.15) is 17.7 Å². The van der Waals surface area contributed by atoms with E-state index in [2.05, 4.69) is 4.90 Å². The monoisotopic (exact) mass is 391 g/mol. The Morgan fingerprint density at radius 3 is 2.46 bits per heavy atom. The van der Waals surface area contributed by atoms with Gasteiger partial charge in [-0.2, -0.15) is 0 Å². The molecule has 4 rings (SSSR count). The minimum Gasteiger partial charge on any atom is -0.370 e. The molecule has 1 amide bonds. The van der Waals surface area contributed by atoms with E-state index in [-0.39, 0.29) is 23.4 Å². The molecule has 28 heavy (non-hydrogen) atoms. The van der Waals surface area contributed by atoms with Gasteiger partial charge in [-0.3, -0.25) is 9.69 Å². The molecule has 0 spiro atoms. The van der Waals surface area contributed by atoms with Gasteiger partial charge in [-0.1, -0.05) is 13.8 Å². The molecular weight excluding hydrogens is 364 g/mol. The molecule has 152 valence electrons. The second-order valence-electron chi connectivity index (χ2n) is 8.43. The van der Waals surface area contributed by atoms with Gasteiger partial charge in [-0.05, 0) is 35.8 Å². The highest BCUT2D eigenvalue weighted by Gasteiger charge is 2.39. The van der Waals surface area contributed by atoms with E-state index >= 15 is 0 Å². The van der Waals surface area contributed by atoms with Gasteiger partial charge in [0.25, 0.3) is 0 Å². The minimum absolute atomic E-state index is 0.0148. The lowest BCUT2D eigenvalue weighted by Gasteiger charge is -2.39. The predicted molar refractivity (Wildman–Crippen MR) is 101 cm³/mol. The number of hydrogen-bond donors (Lipinski definition) is 1. The molecule has 3 aliphatic heterocycles. The van der Waals surface area contributed by atoms with Gasteiger partial charge >= 0.3 is 0 Å². The molecule has 3 aliphatic rings. The first-order valence-electron chi connectivity index (χ1n) is 9.88. The molecule has 1 saturated heterocycles. The number of amides is 1. The molecule has 0 aromatic heterocycles. The van der Waals surface area contributed by atoms with Gasteiger partial charge in [0.05, 0.1) is 6.61 Å². The number of nitrogens with two attached hydrogens (primary N) is 1. The quantitative estimate of drug-likeness (QED) is 0.803. The molecule has 1 aromatic carbocycles. The third-order valence-electron chi connectivity index (χ3n) is 6.04. The fourth-order valence-corrected chi connectivity index (χ4v) is 4.54. The number of rotatable bonds is 3. The van der Waals surface area contributed by atoms with Crippen LogP contribution in [-0.2, 0) is 9.53 Å². The van der Waals surface area contributed by atoms with Gasteiger partial charge in [0.2, 0.25) is 5.91 Å². The summed E-state index contributed by atoms with van der Waals surface area (Å²) in [5.41, 5.74) is 9.12. The van der Waals surface area contributed by atoms with Crippen LogP contribution in [0.3, 0.4) is 0 Å². The van der Waals surface area contributed by atoms with Crippen molar-refractivity contribution >= 4 is 5.91 Å². The van der Waals surface area contributed by atoms with Crippen LogP contribution in [0, 0.1) is 17.6 Å². The molecule has 7 heteroatoms. The lowest BCUT2D eigenvalue weighted by molar-refractivity contribution is -0.133. The van der Waals surface area contributed by atoms with Crippen LogP contribution in [0.15, 0.2) is 29.3 Å². The Morgan fingerprint density at radius 1 is 1.18 bits per heavy atom. The van der Waals surface area contributed by atoms with E-state index in [4.69, 9.17) is 10.5 Å². The van der Waals surface area contributed by atoms with Gasteiger partial charge in [0.15, 0.2) is 0 Å². The Kier molecular flexibility index (Phi) is 5.24. The standard InChI is InChI=1S/C21H27F2N3O2/c1-12(2)21(27)26-9-13-7-25(8-14(13)10-26)16-6-19(24)20(28-11-16)17-5-15(22)3-4-18(17)23/h3-5,12,16,19-20H,6-11,24H2,1-2H3. The lowest BCUT2D eigenvalue weighted by Crippen LogP contribution is -2.49. The highest BCUT2D eigenvalue weighted by atomic mass is 19.1. The zero-order valence-corrected chi connectivity index (χ0v) is 16.3. The first-order valence-corrected chi connectivity index (χ1v) is 9.88. The summed E-state index contributed by atoms with van der Waals surface area (Å²) in [5, 5.41) is 0. The first-order chi connectivity index (χ1) is 13.3. The van der Waals surface area contributed by atoms with E-state index in [0.29, 0.717) is 26.1 Å².